The molecule has 0 radical (unpaired) electrons. The van der Waals surface area contributed by atoms with Gasteiger partial charge in [-0.25, -0.2) is 0 Å². The first-order chi connectivity index (χ1) is 15.6. The van der Waals surface area contributed by atoms with Crippen molar-refractivity contribution in [2.75, 3.05) is 0 Å². The van der Waals surface area contributed by atoms with E-state index in [2.05, 4.69) is 50.2 Å². The molecular formula is C30H38O2. The first-order valence-electron chi connectivity index (χ1n) is 12.7. The standard InChI is InChI=1S/C30H38O2/c1-3-4-5-23-8-12-24(13-9-23)25-14-16-26(17-15-25)27-18-20-29(21-19-27)32-30(31)28-10-6-22(2)7-11-28/h8-9,12-13,18-21,25-26,28H,2-7,10-11,14-17H2,1H3. The number of carbonyl (C=O) groups excluding carboxylic acids is 1. The van der Waals surface area contributed by atoms with E-state index in [0.717, 1.165) is 25.7 Å². The second-order valence-electron chi connectivity index (χ2n) is 9.91. The molecule has 2 saturated carbocycles. The van der Waals surface area contributed by atoms with E-state index >= 15 is 0 Å². The molecule has 2 aromatic rings. The highest BCUT2D eigenvalue weighted by Crippen LogP contribution is 2.41. The third kappa shape index (κ3) is 5.97. The molecule has 0 saturated heterocycles. The van der Waals surface area contributed by atoms with Crippen LogP contribution in [-0.4, -0.2) is 5.97 Å². The zero-order valence-corrected chi connectivity index (χ0v) is 19.7. The molecule has 2 aliphatic carbocycles. The highest BCUT2D eigenvalue weighted by molar-refractivity contribution is 5.75. The number of hydrogen-bond acceptors (Lipinski definition) is 2. The fourth-order valence-electron chi connectivity index (χ4n) is 5.37. The van der Waals surface area contributed by atoms with Crippen molar-refractivity contribution in [1.82, 2.24) is 0 Å². The Bertz CT molecular complexity index is 835. The van der Waals surface area contributed by atoms with Crippen LogP contribution in [0, 0.1) is 18.8 Å². The maximum absolute atomic E-state index is 12.5. The number of hydrogen-bond donors (Lipinski definition) is 0. The zero-order valence-electron chi connectivity index (χ0n) is 19.7. The summed E-state index contributed by atoms with van der Waals surface area (Å²) >= 11 is 0. The van der Waals surface area contributed by atoms with Crippen LogP contribution < -0.4 is 4.74 Å². The van der Waals surface area contributed by atoms with Crippen molar-refractivity contribution in [3.05, 3.63) is 78.1 Å². The number of aryl methyl sites for hydroxylation is 1. The third-order valence-corrected chi connectivity index (χ3v) is 7.59. The van der Waals surface area contributed by atoms with E-state index in [1.54, 1.807) is 0 Å². The SMILES string of the molecule is [CH2-][C+]1CCC(C(=O)Oc2ccc(C3CCC(c4ccc(CCCC)cc4)CC3)cc2)CC1. The van der Waals surface area contributed by atoms with Gasteiger partial charge in [-0.15, -0.1) is 6.92 Å². The van der Waals surface area contributed by atoms with E-state index in [4.69, 9.17) is 4.74 Å². The molecule has 2 nitrogen and oxygen atoms in total. The third-order valence-electron chi connectivity index (χ3n) is 7.59. The number of benzene rings is 2. The minimum atomic E-state index is -0.0773. The van der Waals surface area contributed by atoms with Gasteiger partial charge < -0.3 is 4.74 Å². The van der Waals surface area contributed by atoms with Gasteiger partial charge in [-0.05, 0) is 92.0 Å². The minimum absolute atomic E-state index is 0.0242. The second kappa shape index (κ2) is 11.1. The van der Waals surface area contributed by atoms with E-state index in [9.17, 15) is 4.79 Å². The summed E-state index contributed by atoms with van der Waals surface area (Å²) in [6.07, 6.45) is 12.3. The van der Waals surface area contributed by atoms with Crippen LogP contribution in [0.1, 0.15) is 99.7 Å². The lowest BCUT2D eigenvalue weighted by Crippen LogP contribution is -2.24. The molecule has 2 fully saturated rings. The van der Waals surface area contributed by atoms with Crippen molar-refractivity contribution in [1.29, 1.82) is 0 Å². The van der Waals surface area contributed by atoms with Gasteiger partial charge in [0.25, 0.3) is 0 Å². The topological polar surface area (TPSA) is 26.3 Å². The first kappa shape index (κ1) is 23.0. The van der Waals surface area contributed by atoms with Crippen molar-refractivity contribution in [3.8, 4) is 5.75 Å². The molecule has 0 atom stereocenters. The molecule has 0 amide bonds. The van der Waals surface area contributed by atoms with Crippen LogP contribution in [0.4, 0.5) is 0 Å². The summed E-state index contributed by atoms with van der Waals surface area (Å²) in [7, 11) is 0. The maximum atomic E-state index is 12.5. The van der Waals surface area contributed by atoms with Crippen LogP contribution in [0.15, 0.2) is 48.5 Å². The Morgan fingerprint density at radius 3 is 1.94 bits per heavy atom. The first-order valence-corrected chi connectivity index (χ1v) is 12.7. The molecule has 2 heteroatoms. The van der Waals surface area contributed by atoms with Crippen molar-refractivity contribution in [2.24, 2.45) is 5.92 Å². The summed E-state index contributed by atoms with van der Waals surface area (Å²) in [5.74, 6) is 3.20. The average molecular weight is 431 g/mol. The van der Waals surface area contributed by atoms with E-state index in [0.29, 0.717) is 17.6 Å². The second-order valence-corrected chi connectivity index (χ2v) is 9.91. The van der Waals surface area contributed by atoms with Crippen molar-refractivity contribution in [2.45, 2.75) is 89.4 Å². The zero-order chi connectivity index (χ0) is 22.3. The lowest BCUT2D eigenvalue weighted by Gasteiger charge is -2.29. The summed E-state index contributed by atoms with van der Waals surface area (Å²) in [5.41, 5.74) is 4.36. The van der Waals surface area contributed by atoms with Gasteiger partial charge in [-0.3, -0.25) is 4.79 Å². The fraction of sp³-hybridized carbons (Fsp3) is 0.500. The van der Waals surface area contributed by atoms with Crippen LogP contribution in [0.3, 0.4) is 0 Å². The Kier molecular flexibility index (Phi) is 7.95. The normalized spacial score (nSPS) is 22.0. The van der Waals surface area contributed by atoms with E-state index < -0.39 is 0 Å². The van der Waals surface area contributed by atoms with Gasteiger partial charge in [0, 0.05) is 0 Å². The molecule has 0 bridgehead atoms. The van der Waals surface area contributed by atoms with Crippen LogP contribution in [-0.2, 0) is 11.2 Å². The average Bonchev–Trinajstić information content (AvgIpc) is 2.84. The Morgan fingerprint density at radius 1 is 0.875 bits per heavy atom. The Morgan fingerprint density at radius 2 is 1.41 bits per heavy atom. The fourth-order valence-corrected chi connectivity index (χ4v) is 5.37. The number of ether oxygens (including phenoxy) is 1. The molecule has 0 aromatic heterocycles. The molecule has 0 aliphatic heterocycles. The Labute approximate surface area is 194 Å². The monoisotopic (exact) mass is 430 g/mol. The molecule has 2 aromatic carbocycles. The minimum Gasteiger partial charge on any atom is -0.426 e. The van der Waals surface area contributed by atoms with Crippen molar-refractivity contribution >= 4 is 5.97 Å². The molecule has 4 rings (SSSR count). The predicted molar refractivity (Wildman–Crippen MR) is 132 cm³/mol. The molecule has 0 N–H and O–H groups in total. The number of rotatable bonds is 7. The smallest absolute Gasteiger partial charge is 0.314 e. The van der Waals surface area contributed by atoms with E-state index in [1.165, 1.54) is 67.6 Å². The van der Waals surface area contributed by atoms with Crippen LogP contribution in [0.2, 0.25) is 0 Å². The molecule has 0 heterocycles. The van der Waals surface area contributed by atoms with Crippen molar-refractivity contribution < 1.29 is 9.53 Å². The van der Waals surface area contributed by atoms with Gasteiger partial charge in [0.05, 0.1) is 18.8 Å². The Balaban J connectivity index is 1.26. The molecule has 0 unspecified atom stereocenters. The molecular weight excluding hydrogens is 392 g/mol. The van der Waals surface area contributed by atoms with Gasteiger partial charge in [-0.1, -0.05) is 55.7 Å². The molecule has 32 heavy (non-hydrogen) atoms. The van der Waals surface area contributed by atoms with Crippen LogP contribution in [0.25, 0.3) is 0 Å². The van der Waals surface area contributed by atoms with Gasteiger partial charge >= 0.3 is 5.97 Å². The highest BCUT2D eigenvalue weighted by atomic mass is 16.5. The highest BCUT2D eigenvalue weighted by Gasteiger charge is 2.28. The van der Waals surface area contributed by atoms with Gasteiger partial charge in [-0.2, -0.15) is 0 Å². The molecule has 170 valence electrons. The number of carbonyl (C=O) groups is 1. The Hall–Kier alpha value is -2.22. The lowest BCUT2D eigenvalue weighted by molar-refractivity contribution is -0.139. The van der Waals surface area contributed by atoms with Gasteiger partial charge in [0.1, 0.15) is 5.75 Å². The quantitative estimate of drug-likeness (QED) is 0.253. The van der Waals surface area contributed by atoms with Crippen LogP contribution >= 0.6 is 0 Å². The van der Waals surface area contributed by atoms with Crippen LogP contribution in [0.5, 0.6) is 5.75 Å². The largest absolute Gasteiger partial charge is 0.426 e. The number of esters is 1. The van der Waals surface area contributed by atoms with Crippen molar-refractivity contribution in [3.63, 3.8) is 0 Å². The predicted octanol–water partition coefficient (Wildman–Crippen LogP) is 7.97. The van der Waals surface area contributed by atoms with E-state index in [-0.39, 0.29) is 11.9 Å². The maximum Gasteiger partial charge on any atom is 0.314 e. The van der Waals surface area contributed by atoms with Gasteiger partial charge in [0.15, 0.2) is 0 Å². The summed E-state index contributed by atoms with van der Waals surface area (Å²) in [6.45, 7) is 6.28. The summed E-state index contributed by atoms with van der Waals surface area (Å²) in [5, 5.41) is 0. The van der Waals surface area contributed by atoms with E-state index in [1.807, 2.05) is 12.1 Å². The summed E-state index contributed by atoms with van der Waals surface area (Å²) in [4.78, 5) is 12.5. The number of unbranched alkanes of at least 4 members (excludes halogenated alkanes) is 1. The summed E-state index contributed by atoms with van der Waals surface area (Å²) in [6, 6.07) is 17.7. The molecule has 2 aliphatic rings. The lowest BCUT2D eigenvalue weighted by atomic mass is 9.76. The molecule has 0 spiro atoms. The van der Waals surface area contributed by atoms with Gasteiger partial charge in [0.2, 0.25) is 0 Å². The summed E-state index contributed by atoms with van der Waals surface area (Å²) < 4.78 is 5.67.